The summed E-state index contributed by atoms with van der Waals surface area (Å²) in [6.07, 6.45) is 2.47. The summed E-state index contributed by atoms with van der Waals surface area (Å²) in [5.41, 5.74) is 0.578. The molecule has 1 aromatic heterocycles. The molecule has 0 unspecified atom stereocenters. The zero-order chi connectivity index (χ0) is 14.2. The molecule has 0 aliphatic heterocycles. The van der Waals surface area contributed by atoms with Crippen LogP contribution < -0.4 is 5.32 Å². The Hall–Kier alpha value is -1.36. The minimum atomic E-state index is -0.351. The molecule has 0 fully saturated rings. The summed E-state index contributed by atoms with van der Waals surface area (Å²) in [6.45, 7) is 2.33. The summed E-state index contributed by atoms with van der Waals surface area (Å²) in [4.78, 5) is 0. The zero-order valence-corrected chi connectivity index (χ0v) is 11.8. The molecule has 0 radical (unpaired) electrons. The standard InChI is InChI=1S/C15H17ClFNO2/c16-14-6-1-4-12(15(14)17)10-18-7-3-8-19-11-13-5-2-9-20-13/h1-2,4-6,9,18H,3,7-8,10-11H2. The average molecular weight is 298 g/mol. The maximum absolute atomic E-state index is 13.6. The van der Waals surface area contributed by atoms with Crippen LogP contribution in [0.4, 0.5) is 4.39 Å². The fraction of sp³-hybridized carbons (Fsp3) is 0.333. The van der Waals surface area contributed by atoms with Crippen LogP contribution in [0.2, 0.25) is 5.02 Å². The van der Waals surface area contributed by atoms with Crippen LogP contribution in [0.25, 0.3) is 0 Å². The molecule has 20 heavy (non-hydrogen) atoms. The van der Waals surface area contributed by atoms with Gasteiger partial charge in [0, 0.05) is 18.7 Å². The van der Waals surface area contributed by atoms with Gasteiger partial charge in [-0.1, -0.05) is 23.7 Å². The molecule has 3 nitrogen and oxygen atoms in total. The van der Waals surface area contributed by atoms with Gasteiger partial charge in [0.1, 0.15) is 18.2 Å². The van der Waals surface area contributed by atoms with Gasteiger partial charge in [-0.05, 0) is 31.2 Å². The van der Waals surface area contributed by atoms with E-state index in [1.54, 1.807) is 24.5 Å². The third-order valence-electron chi connectivity index (χ3n) is 2.81. The number of benzene rings is 1. The molecule has 0 saturated carbocycles. The summed E-state index contributed by atoms with van der Waals surface area (Å²) in [5.74, 6) is 0.467. The predicted octanol–water partition coefficient (Wildman–Crippen LogP) is 3.77. The fourth-order valence-electron chi connectivity index (χ4n) is 1.77. The lowest BCUT2D eigenvalue weighted by molar-refractivity contribution is 0.104. The molecule has 0 aliphatic rings. The van der Waals surface area contributed by atoms with E-state index in [2.05, 4.69) is 5.32 Å². The molecule has 0 spiro atoms. The monoisotopic (exact) mass is 297 g/mol. The second kappa shape index (κ2) is 8.04. The van der Waals surface area contributed by atoms with Gasteiger partial charge in [-0.2, -0.15) is 0 Å². The second-order valence-electron chi connectivity index (χ2n) is 4.38. The van der Waals surface area contributed by atoms with E-state index < -0.39 is 0 Å². The summed E-state index contributed by atoms with van der Waals surface area (Å²) in [7, 11) is 0. The molecular formula is C15H17ClFNO2. The number of furan rings is 1. The van der Waals surface area contributed by atoms with Crippen molar-refractivity contribution in [1.82, 2.24) is 5.32 Å². The smallest absolute Gasteiger partial charge is 0.146 e. The summed E-state index contributed by atoms with van der Waals surface area (Å²) in [5, 5.41) is 3.32. The SMILES string of the molecule is Fc1c(Cl)cccc1CNCCCOCc1ccco1. The van der Waals surface area contributed by atoms with Gasteiger partial charge in [0.05, 0.1) is 11.3 Å². The van der Waals surface area contributed by atoms with Crippen LogP contribution in [0.5, 0.6) is 0 Å². The van der Waals surface area contributed by atoms with E-state index in [4.69, 9.17) is 20.8 Å². The number of hydrogen-bond acceptors (Lipinski definition) is 3. The maximum atomic E-state index is 13.6. The van der Waals surface area contributed by atoms with E-state index >= 15 is 0 Å². The molecule has 0 amide bonds. The van der Waals surface area contributed by atoms with E-state index in [9.17, 15) is 4.39 Å². The lowest BCUT2D eigenvalue weighted by atomic mass is 10.2. The minimum absolute atomic E-state index is 0.158. The largest absolute Gasteiger partial charge is 0.467 e. The first-order valence-electron chi connectivity index (χ1n) is 6.51. The van der Waals surface area contributed by atoms with Crippen LogP contribution in [0.1, 0.15) is 17.7 Å². The summed E-state index contributed by atoms with van der Waals surface area (Å²) < 4.78 is 24.2. The van der Waals surface area contributed by atoms with Crippen LogP contribution in [0, 0.1) is 5.82 Å². The average Bonchev–Trinajstić information content (AvgIpc) is 2.95. The van der Waals surface area contributed by atoms with Crippen LogP contribution >= 0.6 is 11.6 Å². The molecule has 0 saturated heterocycles. The number of ether oxygens (including phenoxy) is 1. The second-order valence-corrected chi connectivity index (χ2v) is 4.78. The third kappa shape index (κ3) is 4.63. The molecule has 1 aromatic carbocycles. The molecule has 1 heterocycles. The van der Waals surface area contributed by atoms with E-state index in [1.165, 1.54) is 0 Å². The zero-order valence-electron chi connectivity index (χ0n) is 11.1. The van der Waals surface area contributed by atoms with Crippen molar-refractivity contribution in [2.24, 2.45) is 0 Å². The molecule has 0 atom stereocenters. The lowest BCUT2D eigenvalue weighted by Crippen LogP contribution is -2.17. The highest BCUT2D eigenvalue weighted by atomic mass is 35.5. The molecule has 2 rings (SSSR count). The first kappa shape index (κ1) is 15.0. The van der Waals surface area contributed by atoms with Gasteiger partial charge >= 0.3 is 0 Å². The molecular weight excluding hydrogens is 281 g/mol. The van der Waals surface area contributed by atoms with Crippen molar-refractivity contribution in [3.8, 4) is 0 Å². The van der Waals surface area contributed by atoms with Crippen molar-refractivity contribution in [2.45, 2.75) is 19.6 Å². The normalized spacial score (nSPS) is 10.9. The molecule has 1 N–H and O–H groups in total. The van der Waals surface area contributed by atoms with Gasteiger partial charge in [-0.25, -0.2) is 4.39 Å². The summed E-state index contributed by atoms with van der Waals surface area (Å²) in [6, 6.07) is 8.72. The van der Waals surface area contributed by atoms with E-state index in [-0.39, 0.29) is 10.8 Å². The third-order valence-corrected chi connectivity index (χ3v) is 3.11. The van der Waals surface area contributed by atoms with Crippen LogP contribution in [0.15, 0.2) is 41.0 Å². The molecule has 2 aromatic rings. The van der Waals surface area contributed by atoms with Crippen molar-refractivity contribution in [3.63, 3.8) is 0 Å². The van der Waals surface area contributed by atoms with Crippen molar-refractivity contribution in [1.29, 1.82) is 0 Å². The Morgan fingerprint density at radius 2 is 2.15 bits per heavy atom. The van der Waals surface area contributed by atoms with Gasteiger partial charge in [-0.15, -0.1) is 0 Å². The van der Waals surface area contributed by atoms with Crippen molar-refractivity contribution in [2.75, 3.05) is 13.2 Å². The van der Waals surface area contributed by atoms with E-state index in [0.717, 1.165) is 18.7 Å². The van der Waals surface area contributed by atoms with Gasteiger partial charge < -0.3 is 14.5 Å². The molecule has 0 bridgehead atoms. The van der Waals surface area contributed by atoms with Crippen molar-refractivity contribution < 1.29 is 13.5 Å². The number of nitrogens with one attached hydrogen (secondary N) is 1. The van der Waals surface area contributed by atoms with E-state index in [1.807, 2.05) is 12.1 Å². The quantitative estimate of drug-likeness (QED) is 0.753. The first-order chi connectivity index (χ1) is 9.77. The Bertz CT molecular complexity index is 517. The van der Waals surface area contributed by atoms with Crippen molar-refractivity contribution in [3.05, 3.63) is 58.8 Å². The lowest BCUT2D eigenvalue weighted by Gasteiger charge is -2.07. The Labute approximate surface area is 122 Å². The fourth-order valence-corrected chi connectivity index (χ4v) is 1.97. The van der Waals surface area contributed by atoms with Crippen molar-refractivity contribution >= 4 is 11.6 Å². The number of halogens is 2. The van der Waals surface area contributed by atoms with E-state index in [0.29, 0.717) is 25.3 Å². The van der Waals surface area contributed by atoms with Crippen LogP contribution in [0.3, 0.4) is 0 Å². The van der Waals surface area contributed by atoms with Gasteiger partial charge in [-0.3, -0.25) is 0 Å². The number of rotatable bonds is 8. The molecule has 0 aliphatic carbocycles. The Morgan fingerprint density at radius 1 is 1.25 bits per heavy atom. The number of hydrogen-bond donors (Lipinski definition) is 1. The molecule has 108 valence electrons. The molecule has 5 heteroatoms. The Balaban J connectivity index is 1.56. The van der Waals surface area contributed by atoms with Gasteiger partial charge in [0.15, 0.2) is 0 Å². The van der Waals surface area contributed by atoms with Gasteiger partial charge in [0.2, 0.25) is 0 Å². The highest BCUT2D eigenvalue weighted by Gasteiger charge is 2.04. The van der Waals surface area contributed by atoms with Crippen LogP contribution in [-0.4, -0.2) is 13.2 Å². The van der Waals surface area contributed by atoms with Crippen LogP contribution in [-0.2, 0) is 17.9 Å². The minimum Gasteiger partial charge on any atom is -0.467 e. The Kier molecular flexibility index (Phi) is 6.05. The Morgan fingerprint density at radius 3 is 2.95 bits per heavy atom. The summed E-state index contributed by atoms with van der Waals surface area (Å²) >= 11 is 5.71. The first-order valence-corrected chi connectivity index (χ1v) is 6.89. The highest BCUT2D eigenvalue weighted by Crippen LogP contribution is 2.17. The highest BCUT2D eigenvalue weighted by molar-refractivity contribution is 6.30. The topological polar surface area (TPSA) is 34.4 Å². The van der Waals surface area contributed by atoms with Gasteiger partial charge in [0.25, 0.3) is 0 Å². The maximum Gasteiger partial charge on any atom is 0.146 e. The predicted molar refractivity (Wildman–Crippen MR) is 76.1 cm³/mol.